The first kappa shape index (κ1) is 16.7. The van der Waals surface area contributed by atoms with Crippen molar-refractivity contribution in [1.82, 2.24) is 4.90 Å². The van der Waals surface area contributed by atoms with Gasteiger partial charge >= 0.3 is 6.61 Å². The summed E-state index contributed by atoms with van der Waals surface area (Å²) in [5.41, 5.74) is 0.273. The molecule has 122 valence electrons. The smallest absolute Gasteiger partial charge is 0.387 e. The number of hydrogen-bond acceptors (Lipinski definition) is 3. The molecule has 0 bridgehead atoms. The van der Waals surface area contributed by atoms with Crippen LogP contribution in [0.5, 0.6) is 5.75 Å². The standard InChI is InChI=1S/C16H22F2N2O2/c1-12(20-10-6-2-3-7-11-20)15(21)19-13-8-4-5-9-14(13)22-16(17)18/h4-5,8-9,12,16H,2-3,6-7,10-11H2,1H3,(H,19,21)/t12-/m1/s1. The fraction of sp³-hybridized carbons (Fsp3) is 0.562. The fourth-order valence-corrected chi connectivity index (χ4v) is 2.65. The third kappa shape index (κ3) is 4.66. The van der Waals surface area contributed by atoms with Crippen molar-refractivity contribution in [2.75, 3.05) is 18.4 Å². The maximum Gasteiger partial charge on any atom is 0.387 e. The molecule has 1 aromatic rings. The molecule has 1 aliphatic rings. The molecule has 6 heteroatoms. The minimum atomic E-state index is -2.92. The van der Waals surface area contributed by atoms with Crippen LogP contribution in [-0.2, 0) is 4.79 Å². The largest absolute Gasteiger partial charge is 0.433 e. The number of nitrogens with one attached hydrogen (secondary N) is 1. The van der Waals surface area contributed by atoms with Crippen molar-refractivity contribution in [3.8, 4) is 5.75 Å². The number of anilines is 1. The monoisotopic (exact) mass is 312 g/mol. The zero-order chi connectivity index (χ0) is 15.9. The van der Waals surface area contributed by atoms with E-state index in [0.29, 0.717) is 0 Å². The molecule has 0 unspecified atom stereocenters. The number of hydrogen-bond donors (Lipinski definition) is 1. The molecule has 22 heavy (non-hydrogen) atoms. The molecule has 1 aliphatic heterocycles. The first-order chi connectivity index (χ1) is 10.6. The van der Waals surface area contributed by atoms with Crippen LogP contribution >= 0.6 is 0 Å². The van der Waals surface area contributed by atoms with E-state index in [2.05, 4.69) is 15.0 Å². The van der Waals surface area contributed by atoms with Gasteiger partial charge in [0.15, 0.2) is 0 Å². The average molecular weight is 312 g/mol. The van der Waals surface area contributed by atoms with Gasteiger partial charge in [0.1, 0.15) is 5.75 Å². The summed E-state index contributed by atoms with van der Waals surface area (Å²) in [6.45, 7) is 0.714. The Morgan fingerprint density at radius 1 is 1.18 bits per heavy atom. The summed E-state index contributed by atoms with van der Waals surface area (Å²) < 4.78 is 29.2. The molecule has 1 amide bonds. The number of carbonyl (C=O) groups is 1. The lowest BCUT2D eigenvalue weighted by Crippen LogP contribution is -2.42. The van der Waals surface area contributed by atoms with Crippen molar-refractivity contribution in [2.45, 2.75) is 45.3 Å². The Bertz CT molecular complexity index is 489. The third-order valence-electron chi connectivity index (χ3n) is 3.93. The lowest BCUT2D eigenvalue weighted by molar-refractivity contribution is -0.120. The van der Waals surface area contributed by atoms with Crippen LogP contribution in [-0.4, -0.2) is 36.5 Å². The molecular formula is C16H22F2N2O2. The summed E-state index contributed by atoms with van der Waals surface area (Å²) in [4.78, 5) is 14.5. The lowest BCUT2D eigenvalue weighted by atomic mass is 10.2. The van der Waals surface area contributed by atoms with E-state index in [4.69, 9.17) is 0 Å². The van der Waals surface area contributed by atoms with Gasteiger partial charge in [-0.15, -0.1) is 0 Å². The van der Waals surface area contributed by atoms with Gasteiger partial charge in [-0.1, -0.05) is 25.0 Å². The Labute approximate surface area is 129 Å². The van der Waals surface area contributed by atoms with Crippen LogP contribution < -0.4 is 10.1 Å². The highest BCUT2D eigenvalue weighted by atomic mass is 19.3. The van der Waals surface area contributed by atoms with Gasteiger partial charge in [-0.3, -0.25) is 9.69 Å². The molecule has 0 radical (unpaired) electrons. The zero-order valence-corrected chi connectivity index (χ0v) is 12.7. The summed E-state index contributed by atoms with van der Waals surface area (Å²) >= 11 is 0. The second-order valence-electron chi connectivity index (χ2n) is 5.49. The molecule has 1 saturated heterocycles. The first-order valence-electron chi connectivity index (χ1n) is 7.66. The molecule has 1 aromatic carbocycles. The highest BCUT2D eigenvalue weighted by Gasteiger charge is 2.23. The molecule has 0 spiro atoms. The number of alkyl halides is 2. The van der Waals surface area contributed by atoms with Crippen LogP contribution in [0.1, 0.15) is 32.6 Å². The second-order valence-corrected chi connectivity index (χ2v) is 5.49. The van der Waals surface area contributed by atoms with Crippen LogP contribution in [0.4, 0.5) is 14.5 Å². The van der Waals surface area contributed by atoms with Crippen LogP contribution in [0.25, 0.3) is 0 Å². The quantitative estimate of drug-likeness (QED) is 0.905. The van der Waals surface area contributed by atoms with Gasteiger partial charge in [-0.25, -0.2) is 0 Å². The topological polar surface area (TPSA) is 41.6 Å². The van der Waals surface area contributed by atoms with E-state index in [1.807, 2.05) is 6.92 Å². The molecular weight excluding hydrogens is 290 g/mol. The van der Waals surface area contributed by atoms with Crippen LogP contribution in [0, 0.1) is 0 Å². The number of likely N-dealkylation sites (tertiary alicyclic amines) is 1. The highest BCUT2D eigenvalue weighted by molar-refractivity contribution is 5.95. The average Bonchev–Trinajstić information content (AvgIpc) is 2.77. The minimum Gasteiger partial charge on any atom is -0.433 e. The Hall–Kier alpha value is -1.69. The van der Waals surface area contributed by atoms with Crippen molar-refractivity contribution in [3.05, 3.63) is 24.3 Å². The summed E-state index contributed by atoms with van der Waals surface area (Å²) in [7, 11) is 0. The maximum atomic E-state index is 12.4. The van der Waals surface area contributed by atoms with Crippen molar-refractivity contribution < 1.29 is 18.3 Å². The van der Waals surface area contributed by atoms with Gasteiger partial charge in [0.05, 0.1) is 11.7 Å². The summed E-state index contributed by atoms with van der Waals surface area (Å²) in [6, 6.07) is 5.94. The second kappa shape index (κ2) is 8.08. The Morgan fingerprint density at radius 2 is 1.82 bits per heavy atom. The van der Waals surface area contributed by atoms with Gasteiger partial charge in [-0.05, 0) is 45.0 Å². The van der Waals surface area contributed by atoms with Crippen LogP contribution in [0.3, 0.4) is 0 Å². The van der Waals surface area contributed by atoms with Gasteiger partial charge < -0.3 is 10.1 Å². The molecule has 4 nitrogen and oxygen atoms in total. The van der Waals surface area contributed by atoms with E-state index in [1.54, 1.807) is 18.2 Å². The predicted molar refractivity (Wildman–Crippen MR) is 81.2 cm³/mol. The number of nitrogens with zero attached hydrogens (tertiary/aromatic N) is 1. The number of rotatable bonds is 5. The predicted octanol–water partition coefficient (Wildman–Crippen LogP) is 3.49. The van der Waals surface area contributed by atoms with E-state index in [9.17, 15) is 13.6 Å². The lowest BCUT2D eigenvalue weighted by Gasteiger charge is -2.26. The van der Waals surface area contributed by atoms with Gasteiger partial charge in [0.25, 0.3) is 0 Å². The Kier molecular flexibility index (Phi) is 6.12. The van der Waals surface area contributed by atoms with E-state index < -0.39 is 6.61 Å². The van der Waals surface area contributed by atoms with Crippen LogP contribution in [0.2, 0.25) is 0 Å². The minimum absolute atomic E-state index is 0.0195. The molecule has 0 saturated carbocycles. The van der Waals surface area contributed by atoms with Crippen molar-refractivity contribution >= 4 is 11.6 Å². The Balaban J connectivity index is 2.01. The van der Waals surface area contributed by atoms with Gasteiger partial charge in [0, 0.05) is 0 Å². The number of para-hydroxylation sites is 2. The molecule has 1 fully saturated rings. The van der Waals surface area contributed by atoms with Crippen LogP contribution in [0.15, 0.2) is 24.3 Å². The summed E-state index contributed by atoms with van der Waals surface area (Å²) in [5, 5.41) is 2.69. The SMILES string of the molecule is C[C@H](C(=O)Nc1ccccc1OC(F)F)N1CCCCCC1. The van der Waals surface area contributed by atoms with Gasteiger partial charge in [-0.2, -0.15) is 8.78 Å². The number of ether oxygens (including phenoxy) is 1. The maximum absolute atomic E-state index is 12.4. The third-order valence-corrected chi connectivity index (χ3v) is 3.93. The van der Waals surface area contributed by atoms with E-state index in [-0.39, 0.29) is 23.4 Å². The van der Waals surface area contributed by atoms with Crippen molar-refractivity contribution in [1.29, 1.82) is 0 Å². The normalized spacial score (nSPS) is 17.8. The summed E-state index contributed by atoms with van der Waals surface area (Å²) in [5.74, 6) is -0.221. The van der Waals surface area contributed by atoms with Crippen molar-refractivity contribution in [3.63, 3.8) is 0 Å². The fourth-order valence-electron chi connectivity index (χ4n) is 2.65. The Morgan fingerprint density at radius 3 is 2.45 bits per heavy atom. The highest BCUT2D eigenvalue weighted by Crippen LogP contribution is 2.26. The summed E-state index contributed by atoms with van der Waals surface area (Å²) in [6.07, 6.45) is 4.55. The van der Waals surface area contributed by atoms with E-state index in [1.165, 1.54) is 18.9 Å². The van der Waals surface area contributed by atoms with E-state index in [0.717, 1.165) is 25.9 Å². The number of carbonyl (C=O) groups excluding carboxylic acids is 1. The molecule has 0 aliphatic carbocycles. The first-order valence-corrected chi connectivity index (χ1v) is 7.66. The number of halogens is 2. The molecule has 0 aromatic heterocycles. The van der Waals surface area contributed by atoms with Gasteiger partial charge in [0.2, 0.25) is 5.91 Å². The number of amides is 1. The zero-order valence-electron chi connectivity index (χ0n) is 12.7. The molecule has 2 rings (SSSR count). The van der Waals surface area contributed by atoms with E-state index >= 15 is 0 Å². The van der Waals surface area contributed by atoms with Crippen molar-refractivity contribution in [2.24, 2.45) is 0 Å². The molecule has 1 N–H and O–H groups in total. The molecule has 1 heterocycles. The molecule has 1 atom stereocenters. The number of benzene rings is 1.